The Balaban J connectivity index is 1.58. The molecule has 2 aromatic rings. The minimum absolute atomic E-state index is 0.146. The molecule has 1 fully saturated rings. The van der Waals surface area contributed by atoms with Crippen LogP contribution in [0.3, 0.4) is 0 Å². The van der Waals surface area contributed by atoms with Crippen molar-refractivity contribution in [3.63, 3.8) is 0 Å². The smallest absolute Gasteiger partial charge is 0.265 e. The van der Waals surface area contributed by atoms with Gasteiger partial charge in [0.2, 0.25) is 0 Å². The Bertz CT molecular complexity index is 691. The minimum Gasteiger partial charge on any atom is -0.481 e. The predicted molar refractivity (Wildman–Crippen MR) is 97.8 cm³/mol. The third-order valence-corrected chi connectivity index (χ3v) is 4.37. The second-order valence-corrected chi connectivity index (χ2v) is 6.26. The van der Waals surface area contributed by atoms with Crippen LogP contribution in [0.2, 0.25) is 0 Å². The summed E-state index contributed by atoms with van der Waals surface area (Å²) in [6.45, 7) is 5.97. The maximum Gasteiger partial charge on any atom is 0.265 e. The van der Waals surface area contributed by atoms with E-state index in [0.29, 0.717) is 0 Å². The second kappa shape index (κ2) is 7.39. The monoisotopic (exact) mass is 324 g/mol. The van der Waals surface area contributed by atoms with Crippen LogP contribution in [0.4, 0.5) is 11.4 Å². The van der Waals surface area contributed by atoms with Crippen molar-refractivity contribution in [2.24, 2.45) is 0 Å². The fourth-order valence-corrected chi connectivity index (χ4v) is 2.91. The van der Waals surface area contributed by atoms with E-state index < -0.39 is 6.10 Å². The van der Waals surface area contributed by atoms with Gasteiger partial charge in [-0.15, -0.1) is 0 Å². The number of hydrogen-bond acceptors (Lipinski definition) is 3. The largest absolute Gasteiger partial charge is 0.481 e. The summed E-state index contributed by atoms with van der Waals surface area (Å²) < 4.78 is 5.76. The van der Waals surface area contributed by atoms with Gasteiger partial charge in [0.25, 0.3) is 5.91 Å². The zero-order chi connectivity index (χ0) is 16.9. The molecule has 126 valence electrons. The summed E-state index contributed by atoms with van der Waals surface area (Å²) in [6, 6.07) is 15.7. The molecule has 4 nitrogen and oxygen atoms in total. The minimum atomic E-state index is -0.552. The highest BCUT2D eigenvalue weighted by Gasteiger charge is 2.16. The van der Waals surface area contributed by atoms with Crippen LogP contribution in [0, 0.1) is 6.92 Å². The molecule has 1 heterocycles. The SMILES string of the molecule is Cc1ccccc1O[C@@H](C)C(=O)Nc1ccc(N2CCCC2)cc1. The van der Waals surface area contributed by atoms with Crippen molar-refractivity contribution >= 4 is 17.3 Å². The highest BCUT2D eigenvalue weighted by atomic mass is 16.5. The number of aryl methyl sites for hydroxylation is 1. The quantitative estimate of drug-likeness (QED) is 0.904. The van der Waals surface area contributed by atoms with Crippen molar-refractivity contribution in [2.45, 2.75) is 32.8 Å². The molecule has 1 N–H and O–H groups in total. The molecule has 1 aliphatic heterocycles. The zero-order valence-corrected chi connectivity index (χ0v) is 14.3. The summed E-state index contributed by atoms with van der Waals surface area (Å²) in [5, 5.41) is 2.92. The standard InChI is InChI=1S/C20H24N2O2/c1-15-7-3-4-8-19(15)24-16(2)20(23)21-17-9-11-18(12-10-17)22-13-5-6-14-22/h3-4,7-12,16H,5-6,13-14H2,1-2H3,(H,21,23)/t16-/m0/s1. The molecule has 3 rings (SSSR count). The van der Waals surface area contributed by atoms with Gasteiger partial charge >= 0.3 is 0 Å². The van der Waals surface area contributed by atoms with Crippen LogP contribution >= 0.6 is 0 Å². The van der Waals surface area contributed by atoms with E-state index in [1.54, 1.807) is 6.92 Å². The lowest BCUT2D eigenvalue weighted by Crippen LogP contribution is -2.30. The van der Waals surface area contributed by atoms with Crippen LogP contribution in [0.5, 0.6) is 5.75 Å². The number of ether oxygens (including phenoxy) is 1. The van der Waals surface area contributed by atoms with E-state index in [1.165, 1.54) is 18.5 Å². The van der Waals surface area contributed by atoms with E-state index in [-0.39, 0.29) is 5.91 Å². The van der Waals surface area contributed by atoms with Gasteiger partial charge in [0.1, 0.15) is 5.75 Å². The van der Waals surface area contributed by atoms with Gasteiger partial charge in [-0.1, -0.05) is 18.2 Å². The van der Waals surface area contributed by atoms with Crippen molar-refractivity contribution < 1.29 is 9.53 Å². The van der Waals surface area contributed by atoms with Crippen molar-refractivity contribution in [2.75, 3.05) is 23.3 Å². The number of hydrogen-bond donors (Lipinski definition) is 1. The summed E-state index contributed by atoms with van der Waals surface area (Å²) in [4.78, 5) is 14.7. The van der Waals surface area contributed by atoms with Gasteiger partial charge in [-0.2, -0.15) is 0 Å². The van der Waals surface area contributed by atoms with E-state index in [2.05, 4.69) is 22.3 Å². The number of anilines is 2. The van der Waals surface area contributed by atoms with E-state index >= 15 is 0 Å². The zero-order valence-electron chi connectivity index (χ0n) is 14.3. The van der Waals surface area contributed by atoms with Crippen LogP contribution < -0.4 is 15.0 Å². The molecule has 1 amide bonds. The Kier molecular flexibility index (Phi) is 5.04. The predicted octanol–water partition coefficient (Wildman–Crippen LogP) is 4.00. The first-order valence-corrected chi connectivity index (χ1v) is 8.51. The molecule has 0 saturated carbocycles. The molecular formula is C20H24N2O2. The van der Waals surface area contributed by atoms with Gasteiger partial charge in [0.15, 0.2) is 6.10 Å². The lowest BCUT2D eigenvalue weighted by molar-refractivity contribution is -0.122. The average Bonchev–Trinajstić information content (AvgIpc) is 3.12. The van der Waals surface area contributed by atoms with E-state index in [1.807, 2.05) is 43.3 Å². The van der Waals surface area contributed by atoms with Crippen LogP contribution in [0.25, 0.3) is 0 Å². The summed E-state index contributed by atoms with van der Waals surface area (Å²) in [7, 11) is 0. The maximum atomic E-state index is 12.3. The number of nitrogens with zero attached hydrogens (tertiary/aromatic N) is 1. The molecule has 0 spiro atoms. The third-order valence-electron chi connectivity index (χ3n) is 4.37. The van der Waals surface area contributed by atoms with Gasteiger partial charge in [-0.3, -0.25) is 4.79 Å². The number of carbonyl (C=O) groups excluding carboxylic acids is 1. The molecule has 24 heavy (non-hydrogen) atoms. The first kappa shape index (κ1) is 16.4. The first-order valence-electron chi connectivity index (χ1n) is 8.51. The molecule has 1 atom stereocenters. The van der Waals surface area contributed by atoms with Crippen LogP contribution in [0.15, 0.2) is 48.5 Å². The highest BCUT2D eigenvalue weighted by molar-refractivity contribution is 5.94. The number of para-hydroxylation sites is 1. The van der Waals surface area contributed by atoms with Crippen molar-refractivity contribution in [1.82, 2.24) is 0 Å². The molecule has 0 aromatic heterocycles. The number of carbonyl (C=O) groups is 1. The molecule has 2 aromatic carbocycles. The Morgan fingerprint density at radius 1 is 1.08 bits per heavy atom. The van der Waals surface area contributed by atoms with Crippen molar-refractivity contribution in [1.29, 1.82) is 0 Å². The molecule has 0 radical (unpaired) electrons. The van der Waals surface area contributed by atoms with Crippen LogP contribution in [0.1, 0.15) is 25.3 Å². The maximum absolute atomic E-state index is 12.3. The summed E-state index contributed by atoms with van der Waals surface area (Å²) in [5.41, 5.74) is 3.03. The number of benzene rings is 2. The average molecular weight is 324 g/mol. The van der Waals surface area contributed by atoms with Gasteiger partial charge in [-0.05, 0) is 62.6 Å². The van der Waals surface area contributed by atoms with Crippen LogP contribution in [-0.2, 0) is 4.79 Å². The van der Waals surface area contributed by atoms with E-state index in [0.717, 1.165) is 30.1 Å². The Morgan fingerprint density at radius 3 is 2.42 bits per heavy atom. The summed E-state index contributed by atoms with van der Waals surface area (Å²) in [5.74, 6) is 0.594. The molecule has 0 aliphatic carbocycles. The lowest BCUT2D eigenvalue weighted by atomic mass is 10.2. The Morgan fingerprint density at radius 2 is 1.75 bits per heavy atom. The Labute approximate surface area is 143 Å². The van der Waals surface area contributed by atoms with Gasteiger partial charge in [0, 0.05) is 24.5 Å². The van der Waals surface area contributed by atoms with Crippen molar-refractivity contribution in [3.8, 4) is 5.75 Å². The van der Waals surface area contributed by atoms with Crippen molar-refractivity contribution in [3.05, 3.63) is 54.1 Å². The third kappa shape index (κ3) is 3.88. The second-order valence-electron chi connectivity index (χ2n) is 6.26. The number of rotatable bonds is 5. The normalized spacial score (nSPS) is 15.2. The highest BCUT2D eigenvalue weighted by Crippen LogP contribution is 2.22. The van der Waals surface area contributed by atoms with Gasteiger partial charge < -0.3 is 15.0 Å². The van der Waals surface area contributed by atoms with Gasteiger partial charge in [-0.25, -0.2) is 0 Å². The molecule has 1 aliphatic rings. The number of amides is 1. The summed E-state index contributed by atoms with van der Waals surface area (Å²) in [6.07, 6.45) is 1.96. The fraction of sp³-hybridized carbons (Fsp3) is 0.350. The molecular weight excluding hydrogens is 300 g/mol. The molecule has 4 heteroatoms. The van der Waals surface area contributed by atoms with E-state index in [9.17, 15) is 4.79 Å². The van der Waals surface area contributed by atoms with Crippen LogP contribution in [-0.4, -0.2) is 25.1 Å². The fourth-order valence-electron chi connectivity index (χ4n) is 2.91. The lowest BCUT2D eigenvalue weighted by Gasteiger charge is -2.19. The molecule has 0 unspecified atom stereocenters. The first-order chi connectivity index (χ1) is 11.6. The van der Waals surface area contributed by atoms with E-state index in [4.69, 9.17) is 4.74 Å². The summed E-state index contributed by atoms with van der Waals surface area (Å²) >= 11 is 0. The Hall–Kier alpha value is -2.49. The molecule has 0 bridgehead atoms. The topological polar surface area (TPSA) is 41.6 Å². The molecule has 1 saturated heterocycles. The van der Waals surface area contributed by atoms with Gasteiger partial charge in [0.05, 0.1) is 0 Å². The number of nitrogens with one attached hydrogen (secondary N) is 1.